The Morgan fingerprint density at radius 1 is 0.912 bits per heavy atom. The molecular weight excluding hydrogens is 446 g/mol. The number of amides is 3. The van der Waals surface area contributed by atoms with E-state index in [9.17, 15) is 14.4 Å². The molecular formula is C22H33N5O7. The van der Waals surface area contributed by atoms with Gasteiger partial charge in [0, 0.05) is 25.2 Å². The van der Waals surface area contributed by atoms with Crippen LogP contribution in [0.2, 0.25) is 0 Å². The van der Waals surface area contributed by atoms with Crippen molar-refractivity contribution in [2.24, 2.45) is 5.92 Å². The zero-order valence-corrected chi connectivity index (χ0v) is 19.6. The van der Waals surface area contributed by atoms with Gasteiger partial charge in [0.1, 0.15) is 5.69 Å². The molecule has 0 radical (unpaired) electrons. The second kappa shape index (κ2) is 13.9. The van der Waals surface area contributed by atoms with Crippen molar-refractivity contribution in [2.75, 3.05) is 65.9 Å². The third kappa shape index (κ3) is 8.60. The molecule has 0 aliphatic carbocycles. The van der Waals surface area contributed by atoms with Crippen molar-refractivity contribution in [3.63, 3.8) is 0 Å². The Balaban J connectivity index is 1.07. The number of carbonyl (C=O) groups excluding carboxylic acids is 3. The fourth-order valence-electron chi connectivity index (χ4n) is 3.41. The molecule has 3 heterocycles. The molecule has 0 unspecified atom stereocenters. The van der Waals surface area contributed by atoms with Gasteiger partial charge in [0.15, 0.2) is 0 Å². The zero-order chi connectivity index (χ0) is 24.2. The largest absolute Gasteiger partial charge is 0.379 e. The molecule has 0 N–H and O–H groups in total. The monoisotopic (exact) mass is 479 g/mol. The van der Waals surface area contributed by atoms with Crippen molar-refractivity contribution >= 4 is 17.7 Å². The summed E-state index contributed by atoms with van der Waals surface area (Å²) in [5.41, 5.74) is 0.536. The molecule has 1 aromatic heterocycles. The molecule has 2 aliphatic heterocycles. The van der Waals surface area contributed by atoms with Gasteiger partial charge in [-0.2, -0.15) is 0 Å². The summed E-state index contributed by atoms with van der Waals surface area (Å²) < 4.78 is 23.4. The first-order valence-electron chi connectivity index (χ1n) is 11.5. The summed E-state index contributed by atoms with van der Waals surface area (Å²) in [4.78, 5) is 37.9. The number of likely N-dealkylation sites (tertiary alicyclic amines) is 1. The third-order valence-corrected chi connectivity index (χ3v) is 5.26. The number of ether oxygens (including phenoxy) is 4. The lowest BCUT2D eigenvalue weighted by Crippen LogP contribution is -2.48. The Hall–Kier alpha value is -2.67. The lowest BCUT2D eigenvalue weighted by Gasteiger charge is -2.37. The van der Waals surface area contributed by atoms with Crippen LogP contribution in [0.5, 0.6) is 0 Å². The molecule has 34 heavy (non-hydrogen) atoms. The van der Waals surface area contributed by atoms with Crippen LogP contribution in [0.4, 0.5) is 0 Å². The van der Waals surface area contributed by atoms with Gasteiger partial charge in [0.25, 0.3) is 11.8 Å². The fourth-order valence-corrected chi connectivity index (χ4v) is 3.41. The second-order valence-corrected chi connectivity index (χ2v) is 8.17. The predicted octanol–water partition coefficient (Wildman–Crippen LogP) is -0.362. The predicted molar refractivity (Wildman–Crippen MR) is 118 cm³/mol. The number of hydrogen-bond donors (Lipinski definition) is 0. The van der Waals surface area contributed by atoms with Crippen LogP contribution in [0, 0.1) is 5.92 Å². The number of rotatable bonds is 17. The maximum absolute atomic E-state index is 11.8. The van der Waals surface area contributed by atoms with Crippen LogP contribution in [0.15, 0.2) is 18.3 Å². The minimum absolute atomic E-state index is 0.103. The first-order chi connectivity index (χ1) is 16.5. The Morgan fingerprint density at radius 2 is 1.47 bits per heavy atom. The summed E-state index contributed by atoms with van der Waals surface area (Å²) in [6, 6.07) is 0. The van der Waals surface area contributed by atoms with Crippen LogP contribution < -0.4 is 0 Å². The molecule has 0 aromatic carbocycles. The quantitative estimate of drug-likeness (QED) is 0.217. The Morgan fingerprint density at radius 3 is 2.06 bits per heavy atom. The average molecular weight is 480 g/mol. The van der Waals surface area contributed by atoms with E-state index in [4.69, 9.17) is 18.9 Å². The molecule has 188 valence electrons. The first-order valence-corrected chi connectivity index (χ1v) is 11.5. The molecule has 0 atom stereocenters. The van der Waals surface area contributed by atoms with E-state index in [0.717, 1.165) is 18.0 Å². The van der Waals surface area contributed by atoms with Gasteiger partial charge >= 0.3 is 0 Å². The van der Waals surface area contributed by atoms with Gasteiger partial charge in [-0.3, -0.25) is 19.3 Å². The van der Waals surface area contributed by atoms with E-state index in [1.165, 1.54) is 12.2 Å². The van der Waals surface area contributed by atoms with Gasteiger partial charge in [-0.15, -0.1) is 5.10 Å². The van der Waals surface area contributed by atoms with E-state index >= 15 is 0 Å². The molecule has 0 spiro atoms. The molecule has 3 rings (SSSR count). The van der Waals surface area contributed by atoms with Gasteiger partial charge in [-0.25, -0.2) is 4.68 Å². The maximum Gasteiger partial charge on any atom is 0.253 e. The molecule has 2 aliphatic rings. The standard InChI is InChI=1S/C22H33N5O7/c1-18-14-25(15-18)20(28)4-6-31-8-10-33-12-13-34-11-9-32-7-5-26-16-19(23-24-26)17-27-21(29)2-3-22(27)30/h2-3,16,18H,4-15,17H2,1H3. The Labute approximate surface area is 198 Å². The van der Waals surface area contributed by atoms with E-state index < -0.39 is 0 Å². The Kier molecular flexibility index (Phi) is 10.6. The van der Waals surface area contributed by atoms with Crippen LogP contribution in [0.25, 0.3) is 0 Å². The number of imide groups is 1. The molecule has 3 amide bonds. The van der Waals surface area contributed by atoms with Gasteiger partial charge in [-0.05, 0) is 5.92 Å². The topological polar surface area (TPSA) is 125 Å². The van der Waals surface area contributed by atoms with Crippen LogP contribution >= 0.6 is 0 Å². The van der Waals surface area contributed by atoms with Crippen molar-refractivity contribution in [3.05, 3.63) is 24.0 Å². The van der Waals surface area contributed by atoms with Crippen LogP contribution in [0.3, 0.4) is 0 Å². The summed E-state index contributed by atoms with van der Waals surface area (Å²) in [5, 5.41) is 7.94. The lowest BCUT2D eigenvalue weighted by molar-refractivity contribution is -0.139. The van der Waals surface area contributed by atoms with Crippen molar-refractivity contribution in [2.45, 2.75) is 26.4 Å². The van der Waals surface area contributed by atoms with E-state index in [2.05, 4.69) is 17.2 Å². The third-order valence-electron chi connectivity index (χ3n) is 5.26. The van der Waals surface area contributed by atoms with Crippen LogP contribution in [-0.2, 0) is 46.4 Å². The normalized spacial score (nSPS) is 16.0. The van der Waals surface area contributed by atoms with Gasteiger partial charge in [0.2, 0.25) is 5.91 Å². The SMILES string of the molecule is CC1CN(C(=O)CCOCCOCCOCCOCCn2cc(CN3C(=O)C=CC3=O)nn2)C1. The number of nitrogens with zero attached hydrogens (tertiary/aromatic N) is 5. The summed E-state index contributed by atoms with van der Waals surface area (Å²) in [7, 11) is 0. The lowest BCUT2D eigenvalue weighted by atomic mass is 10.0. The van der Waals surface area contributed by atoms with E-state index in [1.807, 2.05) is 4.90 Å². The van der Waals surface area contributed by atoms with E-state index in [-0.39, 0.29) is 24.3 Å². The van der Waals surface area contributed by atoms with Gasteiger partial charge in [0.05, 0.1) is 78.6 Å². The average Bonchev–Trinajstić information content (AvgIpc) is 3.38. The van der Waals surface area contributed by atoms with E-state index in [1.54, 1.807) is 10.9 Å². The minimum Gasteiger partial charge on any atom is -0.379 e. The number of carbonyl (C=O) groups is 3. The molecule has 1 fully saturated rings. The molecule has 1 saturated heterocycles. The summed E-state index contributed by atoms with van der Waals surface area (Å²) in [6.45, 7) is 8.06. The second-order valence-electron chi connectivity index (χ2n) is 8.17. The summed E-state index contributed by atoms with van der Waals surface area (Å²) >= 11 is 0. The maximum atomic E-state index is 11.8. The highest BCUT2D eigenvalue weighted by molar-refractivity contribution is 6.12. The molecule has 0 bridgehead atoms. The van der Waals surface area contributed by atoms with Crippen LogP contribution in [0.1, 0.15) is 19.0 Å². The van der Waals surface area contributed by atoms with Gasteiger partial charge in [-0.1, -0.05) is 12.1 Å². The van der Waals surface area contributed by atoms with Crippen molar-refractivity contribution in [1.82, 2.24) is 24.8 Å². The zero-order valence-electron chi connectivity index (χ0n) is 19.6. The smallest absolute Gasteiger partial charge is 0.253 e. The number of hydrogen-bond acceptors (Lipinski definition) is 9. The molecule has 1 aromatic rings. The highest BCUT2D eigenvalue weighted by Gasteiger charge is 2.26. The molecule has 12 nitrogen and oxygen atoms in total. The molecule has 12 heteroatoms. The number of aromatic nitrogens is 3. The highest BCUT2D eigenvalue weighted by Crippen LogP contribution is 2.15. The minimum atomic E-state index is -0.345. The summed E-state index contributed by atoms with van der Waals surface area (Å²) in [5.74, 6) is 0.0861. The first kappa shape index (κ1) is 25.9. The van der Waals surface area contributed by atoms with Gasteiger partial charge < -0.3 is 23.8 Å². The van der Waals surface area contributed by atoms with Crippen molar-refractivity contribution < 1.29 is 33.3 Å². The fraction of sp³-hybridized carbons (Fsp3) is 0.682. The summed E-state index contributed by atoms with van der Waals surface area (Å²) in [6.07, 6.45) is 4.59. The van der Waals surface area contributed by atoms with Crippen molar-refractivity contribution in [1.29, 1.82) is 0 Å². The molecule has 0 saturated carbocycles. The Bertz CT molecular complexity index is 819. The van der Waals surface area contributed by atoms with Crippen molar-refractivity contribution in [3.8, 4) is 0 Å². The highest BCUT2D eigenvalue weighted by atomic mass is 16.6. The van der Waals surface area contributed by atoms with E-state index in [0.29, 0.717) is 77.4 Å². The van der Waals surface area contributed by atoms with Crippen LogP contribution in [-0.4, -0.2) is 108 Å².